The highest BCUT2D eigenvalue weighted by molar-refractivity contribution is 6.21. The predicted octanol–water partition coefficient (Wildman–Crippen LogP) is 10.4. The van der Waals surface area contributed by atoms with Gasteiger partial charge < -0.3 is 13.6 Å². The molecule has 2 unspecified atom stereocenters. The lowest BCUT2D eigenvalue weighted by molar-refractivity contribution is 0.161. The standard InChI is InChI=1S/C45H33N5O/c1-4-14-28(15-5-1)43-46-44(29-16-6-2-7-17-29)48-45(47-43)50-38-25-36-32-21-11-13-23-41(32)51-42(36)26-35(38)34-24-33-31-20-10-12-22-37(31)49(39(33)27-40(34)50)30-18-8-3-9-19-30/h1-27,43-48H. The lowest BCUT2D eigenvalue weighted by Crippen LogP contribution is -2.56. The molecule has 0 radical (unpaired) electrons. The second-order valence-electron chi connectivity index (χ2n) is 13.5. The molecule has 1 aliphatic rings. The minimum Gasteiger partial charge on any atom is -0.456 e. The zero-order valence-electron chi connectivity index (χ0n) is 27.6. The lowest BCUT2D eigenvalue weighted by atomic mass is 10.1. The van der Waals surface area contributed by atoms with Crippen molar-refractivity contribution in [1.82, 2.24) is 25.1 Å². The van der Waals surface area contributed by atoms with Crippen molar-refractivity contribution in [2.45, 2.75) is 18.6 Å². The third-order valence-corrected chi connectivity index (χ3v) is 10.6. The fourth-order valence-corrected chi connectivity index (χ4v) is 8.31. The van der Waals surface area contributed by atoms with Gasteiger partial charge in [-0.3, -0.25) is 16.0 Å². The molecule has 6 heteroatoms. The highest BCUT2D eigenvalue weighted by Gasteiger charge is 2.32. The molecule has 0 aliphatic carbocycles. The SMILES string of the molecule is c1ccc(C2NC(c3ccccc3)NC(n3c4cc5c(cc4c4cc6c7ccccc7n(-c7ccccc7)c6cc43)oc3ccccc35)N2)cc1. The van der Waals surface area contributed by atoms with Gasteiger partial charge in [-0.2, -0.15) is 0 Å². The first-order valence-electron chi connectivity index (χ1n) is 17.5. The fourth-order valence-electron chi connectivity index (χ4n) is 8.31. The Bertz CT molecular complexity index is 2860. The van der Waals surface area contributed by atoms with E-state index in [0.717, 1.165) is 44.0 Å². The maximum atomic E-state index is 6.48. The first kappa shape index (κ1) is 28.6. The second-order valence-corrected chi connectivity index (χ2v) is 13.5. The third kappa shape index (κ3) is 4.41. The molecule has 11 rings (SSSR count). The molecule has 3 aromatic heterocycles. The molecular weight excluding hydrogens is 627 g/mol. The van der Waals surface area contributed by atoms with Crippen LogP contribution in [0.2, 0.25) is 0 Å². The summed E-state index contributed by atoms with van der Waals surface area (Å²) in [5, 5.41) is 18.8. The van der Waals surface area contributed by atoms with E-state index in [2.05, 4.69) is 183 Å². The van der Waals surface area contributed by atoms with Gasteiger partial charge in [0.15, 0.2) is 0 Å². The molecule has 10 aromatic rings. The monoisotopic (exact) mass is 659 g/mol. The number of fused-ring (bicyclic) bond motifs is 9. The Hall–Kier alpha value is -6.18. The zero-order chi connectivity index (χ0) is 33.5. The number of benzene rings is 7. The topological polar surface area (TPSA) is 59.1 Å². The van der Waals surface area contributed by atoms with Crippen LogP contribution >= 0.6 is 0 Å². The number of furan rings is 1. The smallest absolute Gasteiger partial charge is 0.142 e. The number of hydrogen-bond donors (Lipinski definition) is 3. The molecule has 0 saturated carbocycles. The van der Waals surface area contributed by atoms with E-state index < -0.39 is 0 Å². The Balaban J connectivity index is 1.23. The van der Waals surface area contributed by atoms with E-state index in [1.807, 2.05) is 6.07 Å². The summed E-state index contributed by atoms with van der Waals surface area (Å²) >= 11 is 0. The Labute approximate surface area is 293 Å². The lowest BCUT2D eigenvalue weighted by Gasteiger charge is -2.40. The van der Waals surface area contributed by atoms with E-state index in [1.165, 1.54) is 38.3 Å². The highest BCUT2D eigenvalue weighted by Crippen LogP contribution is 2.42. The minimum absolute atomic E-state index is 0.104. The van der Waals surface area contributed by atoms with Gasteiger partial charge in [-0.25, -0.2) is 0 Å². The summed E-state index contributed by atoms with van der Waals surface area (Å²) in [7, 11) is 0. The van der Waals surface area contributed by atoms with E-state index in [-0.39, 0.29) is 18.6 Å². The van der Waals surface area contributed by atoms with Crippen LogP contribution in [-0.2, 0) is 0 Å². The van der Waals surface area contributed by atoms with Crippen LogP contribution < -0.4 is 16.0 Å². The molecule has 6 nitrogen and oxygen atoms in total. The van der Waals surface area contributed by atoms with Crippen molar-refractivity contribution in [2.24, 2.45) is 0 Å². The Morgan fingerprint density at radius 1 is 0.392 bits per heavy atom. The summed E-state index contributed by atoms with van der Waals surface area (Å²) in [5.74, 6) is 0. The van der Waals surface area contributed by atoms with E-state index in [9.17, 15) is 0 Å². The molecule has 1 fully saturated rings. The zero-order valence-corrected chi connectivity index (χ0v) is 27.6. The Morgan fingerprint density at radius 2 is 0.961 bits per heavy atom. The van der Waals surface area contributed by atoms with E-state index >= 15 is 0 Å². The summed E-state index contributed by atoms with van der Waals surface area (Å²) < 4.78 is 11.3. The molecule has 0 spiro atoms. The molecule has 244 valence electrons. The molecule has 0 bridgehead atoms. The summed E-state index contributed by atoms with van der Waals surface area (Å²) in [6.45, 7) is 0. The quantitative estimate of drug-likeness (QED) is 0.176. The maximum absolute atomic E-state index is 6.48. The summed E-state index contributed by atoms with van der Waals surface area (Å²) in [6, 6.07) is 58.4. The van der Waals surface area contributed by atoms with Gasteiger partial charge in [-0.05, 0) is 59.7 Å². The van der Waals surface area contributed by atoms with Gasteiger partial charge in [-0.1, -0.05) is 115 Å². The van der Waals surface area contributed by atoms with Crippen LogP contribution in [-0.4, -0.2) is 9.13 Å². The van der Waals surface area contributed by atoms with Crippen LogP contribution in [0.25, 0.3) is 71.2 Å². The van der Waals surface area contributed by atoms with Crippen LogP contribution in [0.5, 0.6) is 0 Å². The van der Waals surface area contributed by atoms with Crippen molar-refractivity contribution >= 4 is 65.6 Å². The predicted molar refractivity (Wildman–Crippen MR) is 208 cm³/mol. The van der Waals surface area contributed by atoms with E-state index in [0.29, 0.717) is 0 Å². The Kier molecular flexibility index (Phi) is 6.27. The van der Waals surface area contributed by atoms with Crippen LogP contribution in [0, 0.1) is 0 Å². The number of hydrogen-bond acceptors (Lipinski definition) is 4. The summed E-state index contributed by atoms with van der Waals surface area (Å²) in [5.41, 5.74) is 9.93. The van der Waals surface area contributed by atoms with Gasteiger partial charge in [0.25, 0.3) is 0 Å². The van der Waals surface area contributed by atoms with Crippen LogP contribution in [0.4, 0.5) is 0 Å². The van der Waals surface area contributed by atoms with Gasteiger partial charge >= 0.3 is 0 Å². The number of nitrogens with zero attached hydrogens (tertiary/aromatic N) is 2. The van der Waals surface area contributed by atoms with Crippen molar-refractivity contribution in [3.8, 4) is 5.69 Å². The van der Waals surface area contributed by atoms with Gasteiger partial charge in [0.1, 0.15) is 17.5 Å². The average molecular weight is 660 g/mol. The molecule has 1 aliphatic heterocycles. The third-order valence-electron chi connectivity index (χ3n) is 10.6. The molecular formula is C45H33N5O. The molecule has 3 N–H and O–H groups in total. The first-order chi connectivity index (χ1) is 25.3. The minimum atomic E-state index is -0.260. The second kappa shape index (κ2) is 11.2. The van der Waals surface area contributed by atoms with Gasteiger partial charge in [-0.15, -0.1) is 0 Å². The van der Waals surface area contributed by atoms with Gasteiger partial charge in [0.05, 0.1) is 34.4 Å². The van der Waals surface area contributed by atoms with Crippen molar-refractivity contribution in [3.63, 3.8) is 0 Å². The first-order valence-corrected chi connectivity index (χ1v) is 17.5. The van der Waals surface area contributed by atoms with Crippen molar-refractivity contribution < 1.29 is 4.42 Å². The number of rotatable bonds is 4. The number of aromatic nitrogens is 2. The van der Waals surface area contributed by atoms with Crippen molar-refractivity contribution in [1.29, 1.82) is 0 Å². The Morgan fingerprint density at radius 3 is 1.69 bits per heavy atom. The molecule has 0 amide bonds. The maximum Gasteiger partial charge on any atom is 0.142 e. The molecule has 4 heterocycles. The van der Waals surface area contributed by atoms with Gasteiger partial charge in [0, 0.05) is 38.0 Å². The van der Waals surface area contributed by atoms with E-state index in [4.69, 9.17) is 4.42 Å². The molecule has 2 atom stereocenters. The molecule has 51 heavy (non-hydrogen) atoms. The van der Waals surface area contributed by atoms with Gasteiger partial charge in [0.2, 0.25) is 0 Å². The van der Waals surface area contributed by atoms with Crippen molar-refractivity contribution in [3.05, 3.63) is 175 Å². The highest BCUT2D eigenvalue weighted by atomic mass is 16.3. The average Bonchev–Trinajstić information content (AvgIpc) is 3.83. The number of nitrogens with one attached hydrogen (secondary N) is 3. The largest absolute Gasteiger partial charge is 0.456 e. The fraction of sp³-hybridized carbons (Fsp3) is 0.0667. The van der Waals surface area contributed by atoms with E-state index in [1.54, 1.807) is 0 Å². The summed E-state index contributed by atoms with van der Waals surface area (Å²) in [4.78, 5) is 0. The number of para-hydroxylation sites is 3. The molecule has 7 aromatic carbocycles. The molecule has 1 saturated heterocycles. The van der Waals surface area contributed by atoms with Crippen LogP contribution in [0.15, 0.2) is 168 Å². The van der Waals surface area contributed by atoms with Crippen LogP contribution in [0.1, 0.15) is 29.7 Å². The van der Waals surface area contributed by atoms with Crippen molar-refractivity contribution in [2.75, 3.05) is 0 Å². The van der Waals surface area contributed by atoms with Crippen LogP contribution in [0.3, 0.4) is 0 Å². The normalized spacial score (nSPS) is 18.2. The summed E-state index contributed by atoms with van der Waals surface area (Å²) in [6.07, 6.45) is -0.467.